The summed E-state index contributed by atoms with van der Waals surface area (Å²) >= 11 is 0. The van der Waals surface area contributed by atoms with E-state index in [-0.39, 0.29) is 18.4 Å². The van der Waals surface area contributed by atoms with Crippen molar-refractivity contribution in [2.45, 2.75) is 38.0 Å². The van der Waals surface area contributed by atoms with E-state index < -0.39 is 6.10 Å². The van der Waals surface area contributed by atoms with Crippen LogP contribution in [0.2, 0.25) is 0 Å². The molecule has 0 radical (unpaired) electrons. The molecule has 3 aromatic rings. The Balaban J connectivity index is 1.33. The molecule has 1 saturated carbocycles. The van der Waals surface area contributed by atoms with Gasteiger partial charge in [0.25, 0.3) is 0 Å². The van der Waals surface area contributed by atoms with E-state index >= 15 is 0 Å². The summed E-state index contributed by atoms with van der Waals surface area (Å²) in [5, 5.41) is 13.2. The first-order chi connectivity index (χ1) is 12.2. The van der Waals surface area contributed by atoms with Gasteiger partial charge < -0.3 is 19.4 Å². The third kappa shape index (κ3) is 3.56. The Morgan fingerprint density at radius 1 is 1.40 bits per heavy atom. The van der Waals surface area contributed by atoms with Gasteiger partial charge in [0.15, 0.2) is 12.0 Å². The molecule has 2 heterocycles. The van der Waals surface area contributed by atoms with Gasteiger partial charge in [-0.25, -0.2) is 9.97 Å². The zero-order valence-electron chi connectivity index (χ0n) is 13.7. The Labute approximate surface area is 144 Å². The third-order valence-electron chi connectivity index (χ3n) is 4.76. The number of benzene rings is 1. The Morgan fingerprint density at radius 2 is 2.32 bits per heavy atom. The number of hydrogen-bond donors (Lipinski definition) is 2. The first-order valence-electron chi connectivity index (χ1n) is 8.42. The number of carbonyl (C=O) groups excluding carboxylic acids is 1. The van der Waals surface area contributed by atoms with Crippen LogP contribution in [0.5, 0.6) is 0 Å². The molecule has 2 N–H and O–H groups in total. The number of carbonyl (C=O) groups is 1. The lowest BCUT2D eigenvalue weighted by atomic mass is 10.1. The van der Waals surface area contributed by atoms with Crippen LogP contribution in [0, 0.1) is 5.92 Å². The predicted octanol–water partition coefficient (Wildman–Crippen LogP) is 1.52. The van der Waals surface area contributed by atoms with Crippen molar-refractivity contribution in [1.82, 2.24) is 19.9 Å². The van der Waals surface area contributed by atoms with Crippen molar-refractivity contribution in [1.29, 1.82) is 0 Å². The summed E-state index contributed by atoms with van der Waals surface area (Å²) in [6.07, 6.45) is 8.05. The fourth-order valence-corrected chi connectivity index (χ4v) is 3.57. The van der Waals surface area contributed by atoms with Gasteiger partial charge in [0.1, 0.15) is 5.52 Å². The van der Waals surface area contributed by atoms with Crippen LogP contribution in [0.15, 0.2) is 47.7 Å². The van der Waals surface area contributed by atoms with E-state index in [9.17, 15) is 9.90 Å². The smallest absolute Gasteiger partial charge is 0.224 e. The van der Waals surface area contributed by atoms with E-state index in [1.165, 1.54) is 6.39 Å². The number of aliphatic hydroxyl groups is 1. The van der Waals surface area contributed by atoms with Gasteiger partial charge in [0.2, 0.25) is 5.91 Å². The van der Waals surface area contributed by atoms with E-state index in [2.05, 4.69) is 15.3 Å². The fraction of sp³-hybridized carbons (Fsp3) is 0.389. The number of nitrogens with one attached hydrogen (secondary N) is 1. The Kier molecular flexibility index (Phi) is 4.23. The predicted molar refractivity (Wildman–Crippen MR) is 90.6 cm³/mol. The fourth-order valence-electron chi connectivity index (χ4n) is 3.57. The molecule has 2 aromatic heterocycles. The average Bonchev–Trinajstić information content (AvgIpc) is 3.30. The van der Waals surface area contributed by atoms with Crippen molar-refractivity contribution in [2.75, 3.05) is 0 Å². The van der Waals surface area contributed by atoms with Crippen LogP contribution >= 0.6 is 0 Å². The number of fused-ring (bicyclic) bond motifs is 1. The molecule has 130 valence electrons. The Hall–Kier alpha value is -2.67. The Morgan fingerprint density at radius 3 is 3.16 bits per heavy atom. The molecule has 4 rings (SSSR count). The highest BCUT2D eigenvalue weighted by molar-refractivity contribution is 5.81. The molecule has 0 aliphatic heterocycles. The van der Waals surface area contributed by atoms with Gasteiger partial charge in [-0.05, 0) is 36.5 Å². The van der Waals surface area contributed by atoms with Crippen LogP contribution in [0.4, 0.5) is 0 Å². The zero-order valence-corrected chi connectivity index (χ0v) is 13.7. The number of hydrogen-bond acceptors (Lipinski definition) is 5. The number of imidazole rings is 1. The summed E-state index contributed by atoms with van der Waals surface area (Å²) in [7, 11) is 0. The maximum Gasteiger partial charge on any atom is 0.224 e. The molecule has 1 aliphatic rings. The van der Waals surface area contributed by atoms with E-state index in [4.69, 9.17) is 4.42 Å². The van der Waals surface area contributed by atoms with Gasteiger partial charge in [-0.1, -0.05) is 6.07 Å². The van der Waals surface area contributed by atoms with Gasteiger partial charge in [-0.15, -0.1) is 0 Å². The molecule has 7 nitrogen and oxygen atoms in total. The largest absolute Gasteiger partial charge is 0.443 e. The molecule has 0 spiro atoms. The van der Waals surface area contributed by atoms with Crippen LogP contribution in [-0.4, -0.2) is 37.7 Å². The minimum atomic E-state index is -0.504. The van der Waals surface area contributed by atoms with Crippen molar-refractivity contribution >= 4 is 17.0 Å². The van der Waals surface area contributed by atoms with Crippen molar-refractivity contribution in [2.24, 2.45) is 5.92 Å². The SMILES string of the molecule is O=C(Cc1ccc2ocnc2c1)N[C@@H]1CC(Cn2ccnc2)C[C@H]1O. The highest BCUT2D eigenvalue weighted by Gasteiger charge is 2.33. The first kappa shape index (κ1) is 15.8. The van der Waals surface area contributed by atoms with E-state index in [0.29, 0.717) is 17.9 Å². The molecule has 1 fully saturated rings. The second-order valence-corrected chi connectivity index (χ2v) is 6.67. The number of oxazole rings is 1. The highest BCUT2D eigenvalue weighted by atomic mass is 16.3. The van der Waals surface area contributed by atoms with E-state index in [1.54, 1.807) is 12.5 Å². The quantitative estimate of drug-likeness (QED) is 0.734. The van der Waals surface area contributed by atoms with E-state index in [0.717, 1.165) is 24.0 Å². The van der Waals surface area contributed by atoms with Gasteiger partial charge in [0.05, 0.1) is 24.9 Å². The first-order valence-corrected chi connectivity index (χ1v) is 8.42. The molecular weight excluding hydrogens is 320 g/mol. The van der Waals surface area contributed by atoms with Crippen molar-refractivity contribution in [3.63, 3.8) is 0 Å². The van der Waals surface area contributed by atoms with Crippen LogP contribution in [0.1, 0.15) is 18.4 Å². The van der Waals surface area contributed by atoms with Crippen molar-refractivity contribution in [3.05, 3.63) is 48.9 Å². The normalized spacial score (nSPS) is 23.2. The summed E-state index contributed by atoms with van der Waals surface area (Å²) in [6.45, 7) is 0.812. The third-order valence-corrected chi connectivity index (χ3v) is 4.76. The molecule has 0 bridgehead atoms. The zero-order chi connectivity index (χ0) is 17.2. The highest BCUT2D eigenvalue weighted by Crippen LogP contribution is 2.27. The van der Waals surface area contributed by atoms with Gasteiger partial charge in [-0.3, -0.25) is 4.79 Å². The van der Waals surface area contributed by atoms with Crippen LogP contribution in [0.3, 0.4) is 0 Å². The maximum absolute atomic E-state index is 12.3. The molecule has 1 aliphatic carbocycles. The topological polar surface area (TPSA) is 93.2 Å². The van der Waals surface area contributed by atoms with Gasteiger partial charge in [-0.2, -0.15) is 0 Å². The lowest BCUT2D eigenvalue weighted by Gasteiger charge is -2.16. The van der Waals surface area contributed by atoms with Crippen molar-refractivity contribution in [3.8, 4) is 0 Å². The average molecular weight is 340 g/mol. The summed E-state index contributed by atoms with van der Waals surface area (Å²) in [5.74, 6) is 0.246. The summed E-state index contributed by atoms with van der Waals surface area (Å²) < 4.78 is 7.21. The number of nitrogens with zero attached hydrogens (tertiary/aromatic N) is 3. The monoisotopic (exact) mass is 340 g/mol. The number of rotatable bonds is 5. The minimum absolute atomic E-state index is 0.0878. The number of aliphatic hydroxyl groups excluding tert-OH is 1. The maximum atomic E-state index is 12.3. The standard InChI is InChI=1S/C18H20N4O3/c23-16-7-13(9-22-4-3-19-10-22)6-14(16)21-18(24)8-12-1-2-17-15(5-12)20-11-25-17/h1-5,10-11,13-14,16,23H,6-9H2,(H,21,24)/t13?,14-,16-/m1/s1. The summed E-state index contributed by atoms with van der Waals surface area (Å²) in [5.41, 5.74) is 2.32. The second kappa shape index (κ2) is 6.68. The minimum Gasteiger partial charge on any atom is -0.443 e. The molecule has 25 heavy (non-hydrogen) atoms. The molecule has 3 atom stereocenters. The number of aromatic nitrogens is 3. The lowest BCUT2D eigenvalue weighted by Crippen LogP contribution is -2.40. The van der Waals surface area contributed by atoms with Crippen molar-refractivity contribution < 1.29 is 14.3 Å². The van der Waals surface area contributed by atoms with Crippen LogP contribution in [-0.2, 0) is 17.8 Å². The van der Waals surface area contributed by atoms with E-state index in [1.807, 2.05) is 29.0 Å². The van der Waals surface area contributed by atoms with Crippen LogP contribution < -0.4 is 5.32 Å². The molecular formula is C18H20N4O3. The summed E-state index contributed by atoms with van der Waals surface area (Å²) in [6, 6.07) is 5.33. The lowest BCUT2D eigenvalue weighted by molar-refractivity contribution is -0.121. The summed E-state index contributed by atoms with van der Waals surface area (Å²) in [4.78, 5) is 20.5. The number of amides is 1. The Bertz CT molecular complexity index is 858. The molecule has 1 unspecified atom stereocenters. The van der Waals surface area contributed by atoms with Gasteiger partial charge >= 0.3 is 0 Å². The molecule has 7 heteroatoms. The second-order valence-electron chi connectivity index (χ2n) is 6.67. The molecule has 1 aromatic carbocycles. The van der Waals surface area contributed by atoms with Gasteiger partial charge in [0, 0.05) is 18.9 Å². The van der Waals surface area contributed by atoms with Crippen LogP contribution in [0.25, 0.3) is 11.1 Å². The molecule has 0 saturated heterocycles. The molecule has 1 amide bonds.